The van der Waals surface area contributed by atoms with Crippen LogP contribution in [0.5, 0.6) is 0 Å². The maximum Gasteiger partial charge on any atom is 0.324 e. The molecule has 2 heterocycles. The van der Waals surface area contributed by atoms with Gasteiger partial charge in [-0.2, -0.15) is 0 Å². The molecule has 0 unspecified atom stereocenters. The van der Waals surface area contributed by atoms with Crippen LogP contribution < -0.4 is 5.32 Å². The summed E-state index contributed by atoms with van der Waals surface area (Å²) in [6, 6.07) is 3.11. The van der Waals surface area contributed by atoms with Crippen LogP contribution in [0.1, 0.15) is 4.88 Å². The first-order valence-electron chi connectivity index (χ1n) is 5.38. The quantitative estimate of drug-likeness (QED) is 0.635. The molecule has 1 aliphatic heterocycles. The molecule has 0 aromatic carbocycles. The highest BCUT2D eigenvalue weighted by Crippen LogP contribution is 2.24. The second kappa shape index (κ2) is 5.24. The lowest BCUT2D eigenvalue weighted by Crippen LogP contribution is -2.46. The number of nitrogens with one attached hydrogen (secondary N) is 1. The van der Waals surface area contributed by atoms with Crippen molar-refractivity contribution < 1.29 is 9.72 Å². The van der Waals surface area contributed by atoms with Crippen molar-refractivity contribution in [1.82, 2.24) is 10.2 Å². The fourth-order valence-electron chi connectivity index (χ4n) is 1.73. The van der Waals surface area contributed by atoms with E-state index in [0.717, 1.165) is 29.3 Å². The van der Waals surface area contributed by atoms with E-state index < -0.39 is 4.92 Å². The molecule has 0 spiro atoms. The third-order valence-electron chi connectivity index (χ3n) is 2.62. The normalized spacial score (nSPS) is 15.9. The Balaban J connectivity index is 1.94. The molecular weight excluding hydrogens is 242 g/mol. The number of amides is 1. The summed E-state index contributed by atoms with van der Waals surface area (Å²) in [4.78, 5) is 24.5. The minimum atomic E-state index is -0.427. The van der Waals surface area contributed by atoms with Crippen LogP contribution in [0.2, 0.25) is 0 Å². The lowest BCUT2D eigenvalue weighted by Gasteiger charge is -2.27. The largest absolute Gasteiger partial charge is 0.340 e. The van der Waals surface area contributed by atoms with Gasteiger partial charge in [-0.3, -0.25) is 14.9 Å². The molecule has 1 fully saturated rings. The Labute approximate surface area is 102 Å². The van der Waals surface area contributed by atoms with Crippen LogP contribution in [0.25, 0.3) is 0 Å². The maximum atomic E-state index is 11.9. The number of rotatable bonds is 3. The van der Waals surface area contributed by atoms with Crippen molar-refractivity contribution in [2.75, 3.05) is 26.2 Å². The highest BCUT2D eigenvalue weighted by molar-refractivity contribution is 7.15. The maximum absolute atomic E-state index is 11.9. The fourth-order valence-corrected chi connectivity index (χ4v) is 2.55. The van der Waals surface area contributed by atoms with Gasteiger partial charge in [-0.15, -0.1) is 0 Å². The van der Waals surface area contributed by atoms with Crippen molar-refractivity contribution in [2.24, 2.45) is 0 Å². The van der Waals surface area contributed by atoms with E-state index >= 15 is 0 Å². The van der Waals surface area contributed by atoms with Gasteiger partial charge in [-0.1, -0.05) is 11.3 Å². The number of nitrogens with zero attached hydrogens (tertiary/aromatic N) is 2. The summed E-state index contributed by atoms with van der Waals surface area (Å²) < 4.78 is 0. The Morgan fingerprint density at radius 1 is 1.47 bits per heavy atom. The molecule has 17 heavy (non-hydrogen) atoms. The van der Waals surface area contributed by atoms with Crippen LogP contribution in [0.15, 0.2) is 12.1 Å². The molecule has 1 saturated heterocycles. The van der Waals surface area contributed by atoms with E-state index in [9.17, 15) is 14.9 Å². The number of thiophene rings is 1. The Hall–Kier alpha value is -1.47. The van der Waals surface area contributed by atoms with E-state index in [1.54, 1.807) is 11.0 Å². The molecule has 0 atom stereocenters. The van der Waals surface area contributed by atoms with Crippen LogP contribution in [-0.4, -0.2) is 41.9 Å². The van der Waals surface area contributed by atoms with Crippen molar-refractivity contribution in [3.63, 3.8) is 0 Å². The van der Waals surface area contributed by atoms with Crippen LogP contribution >= 0.6 is 11.3 Å². The van der Waals surface area contributed by atoms with Gasteiger partial charge in [-0.05, 0) is 6.07 Å². The Morgan fingerprint density at radius 2 is 2.18 bits per heavy atom. The van der Waals surface area contributed by atoms with Crippen molar-refractivity contribution in [2.45, 2.75) is 6.42 Å². The lowest BCUT2D eigenvalue weighted by atomic mass is 10.3. The number of carbonyl (C=O) groups excluding carboxylic acids is 1. The molecule has 1 amide bonds. The van der Waals surface area contributed by atoms with Gasteiger partial charge in [0, 0.05) is 37.1 Å². The summed E-state index contributed by atoms with van der Waals surface area (Å²) in [7, 11) is 0. The summed E-state index contributed by atoms with van der Waals surface area (Å²) in [6.07, 6.45) is 0.262. The first-order chi connectivity index (χ1) is 8.16. The Morgan fingerprint density at radius 3 is 2.76 bits per heavy atom. The highest BCUT2D eigenvalue weighted by Gasteiger charge is 2.18. The molecule has 92 valence electrons. The molecule has 1 aromatic rings. The zero-order valence-electron chi connectivity index (χ0n) is 9.22. The monoisotopic (exact) mass is 255 g/mol. The molecule has 0 saturated carbocycles. The average Bonchev–Trinajstić information content (AvgIpc) is 2.79. The number of piperazine rings is 1. The van der Waals surface area contributed by atoms with Gasteiger partial charge >= 0.3 is 5.00 Å². The average molecular weight is 255 g/mol. The topological polar surface area (TPSA) is 75.5 Å². The summed E-state index contributed by atoms with van der Waals surface area (Å²) in [5, 5.41) is 13.8. The van der Waals surface area contributed by atoms with Gasteiger partial charge in [0.2, 0.25) is 5.91 Å². The van der Waals surface area contributed by atoms with Gasteiger partial charge in [0.15, 0.2) is 0 Å². The van der Waals surface area contributed by atoms with Crippen molar-refractivity contribution >= 4 is 22.2 Å². The first kappa shape index (κ1) is 12.0. The summed E-state index contributed by atoms with van der Waals surface area (Å²) >= 11 is 1.07. The molecule has 6 nitrogen and oxygen atoms in total. The molecular formula is C10H13N3O3S. The lowest BCUT2D eigenvalue weighted by molar-refractivity contribution is -0.380. The van der Waals surface area contributed by atoms with Crippen LogP contribution in [0.3, 0.4) is 0 Å². The molecule has 1 aliphatic rings. The predicted molar refractivity (Wildman–Crippen MR) is 64.1 cm³/mol. The Bertz CT molecular complexity index is 426. The summed E-state index contributed by atoms with van der Waals surface area (Å²) in [5.74, 6) is 0.0447. The van der Waals surface area contributed by atoms with Crippen LogP contribution in [-0.2, 0) is 11.2 Å². The highest BCUT2D eigenvalue weighted by atomic mass is 32.1. The van der Waals surface area contributed by atoms with Crippen molar-refractivity contribution in [3.8, 4) is 0 Å². The van der Waals surface area contributed by atoms with E-state index in [2.05, 4.69) is 5.32 Å². The summed E-state index contributed by atoms with van der Waals surface area (Å²) in [5.41, 5.74) is 0. The van der Waals surface area contributed by atoms with E-state index in [4.69, 9.17) is 0 Å². The molecule has 1 N–H and O–H groups in total. The predicted octanol–water partition coefficient (Wildman–Crippen LogP) is 0.631. The van der Waals surface area contributed by atoms with Crippen molar-refractivity contribution in [3.05, 3.63) is 27.1 Å². The zero-order valence-corrected chi connectivity index (χ0v) is 10.0. The number of hydrogen-bond donors (Lipinski definition) is 1. The van der Waals surface area contributed by atoms with Crippen LogP contribution in [0.4, 0.5) is 5.00 Å². The van der Waals surface area contributed by atoms with E-state index in [-0.39, 0.29) is 17.3 Å². The van der Waals surface area contributed by atoms with Gasteiger partial charge in [0.05, 0.1) is 11.3 Å². The first-order valence-corrected chi connectivity index (χ1v) is 6.20. The van der Waals surface area contributed by atoms with E-state index in [1.165, 1.54) is 6.07 Å². The molecule has 0 bridgehead atoms. The second-order valence-electron chi connectivity index (χ2n) is 3.80. The standard InChI is InChI=1S/C10H13N3O3S/c14-9(12-5-3-11-4-6-12)7-8-1-2-10(17-8)13(15)16/h1-2,11H,3-7H2. The fraction of sp³-hybridized carbons (Fsp3) is 0.500. The molecule has 7 heteroatoms. The Kier molecular flexibility index (Phi) is 3.70. The number of hydrogen-bond acceptors (Lipinski definition) is 5. The van der Waals surface area contributed by atoms with Gasteiger partial charge in [-0.25, -0.2) is 0 Å². The molecule has 2 rings (SSSR count). The number of nitro groups is 1. The molecule has 0 radical (unpaired) electrons. The van der Waals surface area contributed by atoms with Crippen LogP contribution in [0, 0.1) is 10.1 Å². The van der Waals surface area contributed by atoms with Crippen molar-refractivity contribution in [1.29, 1.82) is 0 Å². The van der Waals surface area contributed by atoms with E-state index in [0.29, 0.717) is 13.1 Å². The third kappa shape index (κ3) is 3.01. The zero-order chi connectivity index (χ0) is 12.3. The minimum absolute atomic E-state index is 0.0447. The van der Waals surface area contributed by atoms with Gasteiger partial charge < -0.3 is 10.2 Å². The molecule has 0 aliphatic carbocycles. The smallest absolute Gasteiger partial charge is 0.324 e. The molecule has 1 aromatic heterocycles. The van der Waals surface area contributed by atoms with E-state index in [1.807, 2.05) is 0 Å². The second-order valence-corrected chi connectivity index (χ2v) is 4.95. The third-order valence-corrected chi connectivity index (χ3v) is 3.66. The minimum Gasteiger partial charge on any atom is -0.340 e. The van der Waals surface area contributed by atoms with Gasteiger partial charge in [0.1, 0.15) is 0 Å². The SMILES string of the molecule is O=C(Cc1ccc([N+](=O)[O-])s1)N1CCNCC1. The number of carbonyl (C=O) groups is 1. The van der Waals surface area contributed by atoms with Gasteiger partial charge in [0.25, 0.3) is 0 Å². The summed E-state index contributed by atoms with van der Waals surface area (Å²) in [6.45, 7) is 3.06.